The predicted molar refractivity (Wildman–Crippen MR) is 101 cm³/mol. The molecule has 0 saturated carbocycles. The number of halogens is 2. The molecule has 0 unspecified atom stereocenters. The Morgan fingerprint density at radius 2 is 1.88 bits per heavy atom. The average Bonchev–Trinajstić information content (AvgIpc) is 2.88. The van der Waals surface area contributed by atoms with E-state index in [4.69, 9.17) is 23.2 Å². The quantitative estimate of drug-likeness (QED) is 0.522. The molecular weight excluding hydrogens is 377 g/mol. The zero-order chi connectivity index (χ0) is 18.8. The van der Waals surface area contributed by atoms with Crippen LogP contribution in [0.1, 0.15) is 22.7 Å². The number of aromatic amines is 1. The van der Waals surface area contributed by atoms with Crippen LogP contribution in [0.3, 0.4) is 0 Å². The van der Waals surface area contributed by atoms with E-state index in [0.717, 1.165) is 0 Å². The zero-order valence-corrected chi connectivity index (χ0v) is 15.3. The molecule has 134 valence electrons. The number of H-pyrrole nitrogens is 1. The molecule has 1 N–H and O–H groups in total. The molecule has 26 heavy (non-hydrogen) atoms. The van der Waals surface area contributed by atoms with E-state index < -0.39 is 17.4 Å². The van der Waals surface area contributed by atoms with Crippen molar-refractivity contribution >= 4 is 23.2 Å². The molecule has 0 fully saturated rings. The highest BCUT2D eigenvalue weighted by atomic mass is 35.5. The molecule has 0 aliphatic rings. The highest BCUT2D eigenvalue weighted by molar-refractivity contribution is 6.35. The van der Waals surface area contributed by atoms with E-state index in [9.17, 15) is 14.9 Å². The Balaban J connectivity index is 2.18. The van der Waals surface area contributed by atoms with Gasteiger partial charge >= 0.3 is 0 Å². The number of rotatable bonds is 5. The number of nitrogens with one attached hydrogen (secondary N) is 1. The Morgan fingerprint density at radius 3 is 2.50 bits per heavy atom. The second-order valence-corrected chi connectivity index (χ2v) is 6.70. The Morgan fingerprint density at radius 1 is 1.19 bits per heavy atom. The normalized spacial score (nSPS) is 12.1. The minimum atomic E-state index is -0.788. The molecule has 0 bridgehead atoms. The van der Waals surface area contributed by atoms with Gasteiger partial charge in [0.2, 0.25) is 6.54 Å². The molecule has 8 heteroatoms. The van der Waals surface area contributed by atoms with Crippen molar-refractivity contribution in [3.63, 3.8) is 0 Å². The highest BCUT2D eigenvalue weighted by Crippen LogP contribution is 2.32. The molecule has 1 heterocycles. The summed E-state index contributed by atoms with van der Waals surface area (Å²) >= 11 is 12.2. The smallest absolute Gasteiger partial charge is 0.275 e. The summed E-state index contributed by atoms with van der Waals surface area (Å²) in [5.41, 5.74) is 1.67. The maximum Gasteiger partial charge on any atom is 0.275 e. The Hall–Kier alpha value is -2.57. The number of benzene rings is 2. The number of para-hydroxylation sites is 1. The third-order valence-corrected chi connectivity index (χ3v) is 4.71. The van der Waals surface area contributed by atoms with Gasteiger partial charge in [0.05, 0.1) is 17.2 Å². The molecule has 1 aromatic heterocycles. The molecule has 0 spiro atoms. The van der Waals surface area contributed by atoms with Gasteiger partial charge in [-0.1, -0.05) is 47.5 Å². The minimum Gasteiger partial charge on any atom is -0.295 e. The number of nitrogens with zero attached hydrogens (tertiary/aromatic N) is 2. The fourth-order valence-electron chi connectivity index (χ4n) is 3.01. The fraction of sp³-hybridized carbons (Fsp3) is 0.167. The van der Waals surface area contributed by atoms with E-state index in [0.29, 0.717) is 27.5 Å². The van der Waals surface area contributed by atoms with E-state index in [1.807, 2.05) is 18.2 Å². The molecule has 3 aromatic rings. The molecular formula is C18H15Cl2N3O3. The third kappa shape index (κ3) is 3.52. The lowest BCUT2D eigenvalue weighted by Gasteiger charge is -2.14. The third-order valence-electron chi connectivity index (χ3n) is 4.15. The first-order valence-corrected chi connectivity index (χ1v) is 8.57. The lowest BCUT2D eigenvalue weighted by Crippen LogP contribution is -2.24. The number of nitro groups is 1. The summed E-state index contributed by atoms with van der Waals surface area (Å²) in [7, 11) is 0. The predicted octanol–water partition coefficient (Wildman–Crippen LogP) is 4.19. The summed E-state index contributed by atoms with van der Waals surface area (Å²) in [6, 6.07) is 13.8. The summed E-state index contributed by atoms with van der Waals surface area (Å²) < 4.78 is 1.38. The molecule has 6 nitrogen and oxygen atoms in total. The molecule has 0 saturated heterocycles. The van der Waals surface area contributed by atoms with Crippen LogP contribution in [0, 0.1) is 17.0 Å². The molecule has 0 radical (unpaired) electrons. The Labute approximate surface area is 159 Å². The summed E-state index contributed by atoms with van der Waals surface area (Å²) in [5, 5.41) is 15.0. The number of hydrogen-bond donors (Lipinski definition) is 1. The Kier molecular flexibility index (Phi) is 5.15. The summed E-state index contributed by atoms with van der Waals surface area (Å²) in [4.78, 5) is 23.8. The first-order chi connectivity index (χ1) is 12.4. The van der Waals surface area contributed by atoms with Crippen molar-refractivity contribution in [1.82, 2.24) is 9.78 Å². The van der Waals surface area contributed by atoms with E-state index in [-0.39, 0.29) is 10.6 Å². The van der Waals surface area contributed by atoms with Gasteiger partial charge < -0.3 is 0 Å². The van der Waals surface area contributed by atoms with E-state index in [2.05, 4.69) is 5.10 Å². The van der Waals surface area contributed by atoms with Gasteiger partial charge in [-0.3, -0.25) is 20.0 Å². The number of aryl methyl sites for hydroxylation is 1. The summed E-state index contributed by atoms with van der Waals surface area (Å²) in [6.45, 7) is 1.26. The monoisotopic (exact) mass is 391 g/mol. The van der Waals surface area contributed by atoms with Crippen LogP contribution < -0.4 is 5.56 Å². The minimum absolute atomic E-state index is 0.288. The topological polar surface area (TPSA) is 80.9 Å². The van der Waals surface area contributed by atoms with Crippen molar-refractivity contribution in [1.29, 1.82) is 0 Å². The van der Waals surface area contributed by atoms with E-state index in [1.165, 1.54) is 10.7 Å². The van der Waals surface area contributed by atoms with Gasteiger partial charge in [-0.25, -0.2) is 4.68 Å². The van der Waals surface area contributed by atoms with Gasteiger partial charge in [0.1, 0.15) is 0 Å². The van der Waals surface area contributed by atoms with Crippen molar-refractivity contribution in [3.05, 3.63) is 95.9 Å². The van der Waals surface area contributed by atoms with Crippen LogP contribution in [-0.2, 0) is 0 Å². The van der Waals surface area contributed by atoms with Gasteiger partial charge in [0.25, 0.3) is 5.56 Å². The van der Waals surface area contributed by atoms with Crippen LogP contribution in [0.5, 0.6) is 0 Å². The highest BCUT2D eigenvalue weighted by Gasteiger charge is 2.29. The first kappa shape index (κ1) is 18.2. The van der Waals surface area contributed by atoms with Crippen molar-refractivity contribution in [2.24, 2.45) is 0 Å². The van der Waals surface area contributed by atoms with Crippen LogP contribution in [-0.4, -0.2) is 21.2 Å². The summed E-state index contributed by atoms with van der Waals surface area (Å²) in [5.74, 6) is -0.788. The van der Waals surface area contributed by atoms with Crippen LogP contribution in [0.2, 0.25) is 10.0 Å². The van der Waals surface area contributed by atoms with E-state index in [1.54, 1.807) is 31.2 Å². The van der Waals surface area contributed by atoms with Crippen molar-refractivity contribution < 1.29 is 4.92 Å². The summed E-state index contributed by atoms with van der Waals surface area (Å²) in [6.07, 6.45) is 0. The van der Waals surface area contributed by atoms with Gasteiger partial charge in [-0.15, -0.1) is 0 Å². The standard InChI is InChI=1S/C18H15Cl2N3O3/c1-11-17(18(24)23(21-11)13-5-3-2-4-6-13)15(10-22(25)26)14-8-7-12(19)9-16(14)20/h2-9,15,21H,10H2,1H3/t15-/m0/s1. The Bertz CT molecular complexity index is 1010. The second kappa shape index (κ2) is 7.35. The molecule has 1 atom stereocenters. The maximum atomic E-state index is 13.0. The molecule has 3 rings (SSSR count). The van der Waals surface area contributed by atoms with Crippen LogP contribution in [0.4, 0.5) is 0 Å². The average molecular weight is 392 g/mol. The molecule has 0 aliphatic heterocycles. The SMILES string of the molecule is Cc1[nH]n(-c2ccccc2)c(=O)c1[C@@H](C[N+](=O)[O-])c1ccc(Cl)cc1Cl. The van der Waals surface area contributed by atoms with Gasteiger partial charge in [0, 0.05) is 20.7 Å². The van der Waals surface area contributed by atoms with Gasteiger partial charge in [-0.05, 0) is 36.8 Å². The fourth-order valence-corrected chi connectivity index (χ4v) is 3.55. The molecule has 0 amide bonds. The lowest BCUT2D eigenvalue weighted by atomic mass is 9.91. The van der Waals surface area contributed by atoms with Crippen LogP contribution in [0.15, 0.2) is 53.3 Å². The van der Waals surface area contributed by atoms with E-state index >= 15 is 0 Å². The lowest BCUT2D eigenvalue weighted by molar-refractivity contribution is -0.481. The van der Waals surface area contributed by atoms with Crippen molar-refractivity contribution in [3.8, 4) is 5.69 Å². The number of hydrogen-bond acceptors (Lipinski definition) is 3. The second-order valence-electron chi connectivity index (χ2n) is 5.86. The largest absolute Gasteiger partial charge is 0.295 e. The number of aromatic nitrogens is 2. The van der Waals surface area contributed by atoms with Gasteiger partial charge in [0.15, 0.2) is 0 Å². The van der Waals surface area contributed by atoms with Crippen LogP contribution in [0.25, 0.3) is 5.69 Å². The molecule has 2 aromatic carbocycles. The zero-order valence-electron chi connectivity index (χ0n) is 13.8. The van der Waals surface area contributed by atoms with Gasteiger partial charge in [-0.2, -0.15) is 0 Å². The van der Waals surface area contributed by atoms with Crippen molar-refractivity contribution in [2.75, 3.05) is 6.54 Å². The molecule has 0 aliphatic carbocycles. The maximum absolute atomic E-state index is 13.0. The first-order valence-electron chi connectivity index (χ1n) is 7.82. The van der Waals surface area contributed by atoms with Crippen molar-refractivity contribution in [2.45, 2.75) is 12.8 Å². The van der Waals surface area contributed by atoms with Crippen LogP contribution >= 0.6 is 23.2 Å².